The number of hydrogen-bond acceptors (Lipinski definition) is 7. The van der Waals surface area contributed by atoms with Gasteiger partial charge >= 0.3 is 18.4 Å². The number of benzene rings is 1. The Balaban J connectivity index is 1.87. The molecule has 15 heteroatoms. The minimum atomic E-state index is -5.01. The Labute approximate surface area is 237 Å². The normalized spacial score (nSPS) is 18.9. The van der Waals surface area contributed by atoms with Gasteiger partial charge in [-0.05, 0) is 36.2 Å². The van der Waals surface area contributed by atoms with Gasteiger partial charge in [0.25, 0.3) is 0 Å². The number of carboxylic acid groups (broad SMARTS) is 1. The lowest BCUT2D eigenvalue weighted by atomic mass is 9.80. The molecule has 42 heavy (non-hydrogen) atoms. The molecule has 1 aliphatic rings. The van der Waals surface area contributed by atoms with Crippen molar-refractivity contribution in [1.82, 2.24) is 15.0 Å². The predicted molar refractivity (Wildman–Crippen MR) is 141 cm³/mol. The lowest BCUT2D eigenvalue weighted by Crippen LogP contribution is -2.64. The van der Waals surface area contributed by atoms with Gasteiger partial charge in [-0.3, -0.25) is 4.90 Å². The van der Waals surface area contributed by atoms with Crippen LogP contribution in [0.25, 0.3) is 0 Å². The number of amides is 1. The molecular weight excluding hydrogens is 570 g/mol. The van der Waals surface area contributed by atoms with Gasteiger partial charge in [0.05, 0.1) is 53.1 Å². The fourth-order valence-electron chi connectivity index (χ4n) is 5.10. The number of aromatic nitrogens is 3. The molecule has 2 aromatic heterocycles. The molecule has 4 rings (SSSR count). The van der Waals surface area contributed by atoms with Crippen molar-refractivity contribution >= 4 is 17.5 Å². The van der Waals surface area contributed by atoms with E-state index in [1.165, 1.54) is 25.4 Å². The number of anilines is 2. The van der Waals surface area contributed by atoms with Crippen molar-refractivity contribution in [1.29, 1.82) is 0 Å². The molecular formula is C27H28F6N6O3. The first-order valence-corrected chi connectivity index (χ1v) is 12.7. The number of nitrogens with zero attached hydrogens (tertiary/aromatic N) is 5. The molecule has 0 saturated heterocycles. The van der Waals surface area contributed by atoms with Gasteiger partial charge in [-0.25, -0.2) is 19.7 Å². The molecule has 0 fully saturated rings. The fraction of sp³-hybridized carbons (Fsp3) is 0.407. The second kappa shape index (κ2) is 10.9. The number of pyridine rings is 1. The molecule has 1 amide bonds. The Morgan fingerprint density at radius 1 is 1.12 bits per heavy atom. The van der Waals surface area contributed by atoms with Crippen LogP contribution in [0.1, 0.15) is 53.2 Å². The average Bonchev–Trinajstić information content (AvgIpc) is 2.90. The lowest BCUT2D eigenvalue weighted by molar-refractivity contribution is -0.143. The highest BCUT2D eigenvalue weighted by Gasteiger charge is 2.50. The SMILES string of the molecule is CCC1(N)C(c2ncc(N(C)C)c(Cc3cc(C(F)(F)F)cc(C(F)(F)F)c3)n2)Cc2nc(OC)ccc2N1C(=O)O. The summed E-state index contributed by atoms with van der Waals surface area (Å²) in [5, 5.41) is 10.1. The molecule has 0 aliphatic carbocycles. The summed E-state index contributed by atoms with van der Waals surface area (Å²) in [5.74, 6) is -0.592. The van der Waals surface area contributed by atoms with Crippen LogP contribution in [0.4, 0.5) is 42.5 Å². The number of carbonyl (C=O) groups is 1. The van der Waals surface area contributed by atoms with Gasteiger partial charge in [-0.2, -0.15) is 26.3 Å². The van der Waals surface area contributed by atoms with Crippen LogP contribution < -0.4 is 20.3 Å². The van der Waals surface area contributed by atoms with Gasteiger partial charge in [0.15, 0.2) is 0 Å². The van der Waals surface area contributed by atoms with E-state index in [4.69, 9.17) is 10.5 Å². The minimum absolute atomic E-state index is 0.0597. The third-order valence-corrected chi connectivity index (χ3v) is 7.23. The van der Waals surface area contributed by atoms with E-state index in [1.54, 1.807) is 25.9 Å². The molecule has 3 N–H and O–H groups in total. The minimum Gasteiger partial charge on any atom is -0.481 e. The number of nitrogens with two attached hydrogens (primary N) is 1. The van der Waals surface area contributed by atoms with Crippen molar-refractivity contribution in [3.8, 4) is 5.88 Å². The van der Waals surface area contributed by atoms with Crippen LogP contribution in [0.3, 0.4) is 0 Å². The van der Waals surface area contributed by atoms with E-state index in [9.17, 15) is 36.2 Å². The van der Waals surface area contributed by atoms with E-state index in [-0.39, 0.29) is 47.6 Å². The Bertz CT molecular complexity index is 1460. The fourth-order valence-corrected chi connectivity index (χ4v) is 5.10. The molecule has 3 aromatic rings. The Morgan fingerprint density at radius 2 is 1.74 bits per heavy atom. The summed E-state index contributed by atoms with van der Waals surface area (Å²) in [5.41, 5.74) is 3.08. The molecule has 226 valence electrons. The quantitative estimate of drug-likeness (QED) is 0.359. The average molecular weight is 599 g/mol. The second-order valence-electron chi connectivity index (χ2n) is 10.1. The highest BCUT2D eigenvalue weighted by atomic mass is 19.4. The summed E-state index contributed by atoms with van der Waals surface area (Å²) in [6.45, 7) is 1.68. The summed E-state index contributed by atoms with van der Waals surface area (Å²) in [7, 11) is 4.64. The van der Waals surface area contributed by atoms with Crippen LogP contribution >= 0.6 is 0 Å². The molecule has 1 aliphatic heterocycles. The number of methoxy groups -OCH3 is 1. The van der Waals surface area contributed by atoms with Crippen molar-refractivity contribution < 1.29 is 41.0 Å². The van der Waals surface area contributed by atoms with Crippen molar-refractivity contribution in [2.45, 2.75) is 50.1 Å². The molecule has 0 radical (unpaired) electrons. The van der Waals surface area contributed by atoms with Gasteiger partial charge in [-0.1, -0.05) is 6.92 Å². The summed E-state index contributed by atoms with van der Waals surface area (Å²) < 4.78 is 86.2. The molecule has 2 atom stereocenters. The summed E-state index contributed by atoms with van der Waals surface area (Å²) in [6, 6.07) is 4.38. The summed E-state index contributed by atoms with van der Waals surface area (Å²) >= 11 is 0. The molecule has 0 spiro atoms. The van der Waals surface area contributed by atoms with Crippen molar-refractivity contribution in [3.63, 3.8) is 0 Å². The number of fused-ring (bicyclic) bond motifs is 1. The van der Waals surface area contributed by atoms with Crippen LogP contribution in [-0.4, -0.2) is 53.0 Å². The first kappa shape index (κ1) is 30.8. The highest BCUT2D eigenvalue weighted by molar-refractivity contribution is 5.89. The van der Waals surface area contributed by atoms with E-state index >= 15 is 0 Å². The van der Waals surface area contributed by atoms with Gasteiger partial charge in [0.1, 0.15) is 11.5 Å². The second-order valence-corrected chi connectivity index (χ2v) is 10.1. The molecule has 0 saturated carbocycles. The zero-order valence-corrected chi connectivity index (χ0v) is 23.0. The maximum atomic E-state index is 13.5. The van der Waals surface area contributed by atoms with Crippen molar-refractivity contribution in [2.24, 2.45) is 5.73 Å². The first-order valence-electron chi connectivity index (χ1n) is 12.7. The third-order valence-electron chi connectivity index (χ3n) is 7.23. The van der Waals surface area contributed by atoms with Crippen LogP contribution in [-0.2, 0) is 25.2 Å². The number of halogens is 6. The van der Waals surface area contributed by atoms with E-state index in [0.717, 1.165) is 4.90 Å². The number of alkyl halides is 6. The van der Waals surface area contributed by atoms with E-state index in [0.29, 0.717) is 23.5 Å². The number of hydrogen-bond donors (Lipinski definition) is 2. The summed E-state index contributed by atoms with van der Waals surface area (Å²) in [4.78, 5) is 28.4. The Hall–Kier alpha value is -4.14. The van der Waals surface area contributed by atoms with Crippen molar-refractivity contribution in [3.05, 3.63) is 70.4 Å². The van der Waals surface area contributed by atoms with Gasteiger partial charge in [0.2, 0.25) is 5.88 Å². The van der Waals surface area contributed by atoms with Crippen LogP contribution in [0.5, 0.6) is 5.88 Å². The number of rotatable bonds is 6. The molecule has 2 unspecified atom stereocenters. The Kier molecular flexibility index (Phi) is 8.02. The summed E-state index contributed by atoms with van der Waals surface area (Å²) in [6.07, 6.45) is -10.2. The van der Waals surface area contributed by atoms with E-state index < -0.39 is 47.6 Å². The highest BCUT2D eigenvalue weighted by Crippen LogP contribution is 2.44. The van der Waals surface area contributed by atoms with Crippen LogP contribution in [0, 0.1) is 0 Å². The smallest absolute Gasteiger partial charge is 0.416 e. The lowest BCUT2D eigenvalue weighted by Gasteiger charge is -2.47. The standard InChI is InChI=1S/C27H28F6N6O3/c1-5-25(34)17(12-19-20(39(25)24(40)41)6-7-22(36-19)42-4)23-35-13-21(38(2)3)18(37-23)10-14-8-15(26(28,29)30)11-16(9-14)27(31,32)33/h6-9,11,13,17H,5,10,12,34H2,1-4H3,(H,40,41). The molecule has 0 bridgehead atoms. The van der Waals surface area contributed by atoms with E-state index in [1.807, 2.05) is 0 Å². The maximum absolute atomic E-state index is 13.5. The monoisotopic (exact) mass is 598 g/mol. The van der Waals surface area contributed by atoms with Crippen molar-refractivity contribution in [2.75, 3.05) is 31.0 Å². The Morgan fingerprint density at radius 3 is 2.24 bits per heavy atom. The van der Waals surface area contributed by atoms with E-state index in [2.05, 4.69) is 15.0 Å². The third kappa shape index (κ3) is 5.78. The van der Waals surface area contributed by atoms with Gasteiger partial charge in [0, 0.05) is 33.0 Å². The topological polar surface area (TPSA) is 118 Å². The maximum Gasteiger partial charge on any atom is 0.416 e. The zero-order chi connectivity index (χ0) is 31.2. The molecule has 3 heterocycles. The zero-order valence-electron chi connectivity index (χ0n) is 23.0. The van der Waals surface area contributed by atoms with Crippen LogP contribution in [0.2, 0.25) is 0 Å². The number of ether oxygens (including phenoxy) is 1. The van der Waals surface area contributed by atoms with Gasteiger partial charge < -0.3 is 20.5 Å². The predicted octanol–water partition coefficient (Wildman–Crippen LogP) is 5.46. The molecule has 1 aromatic carbocycles. The van der Waals surface area contributed by atoms with Crippen LogP contribution in [0.15, 0.2) is 36.5 Å². The molecule has 9 nitrogen and oxygen atoms in total. The van der Waals surface area contributed by atoms with Gasteiger partial charge in [-0.15, -0.1) is 0 Å². The first-order chi connectivity index (χ1) is 19.5. The largest absolute Gasteiger partial charge is 0.481 e.